The number of carbonyl (C=O) groups excluding carboxylic acids is 1. The first-order valence-electron chi connectivity index (χ1n) is 7.56. The molecule has 0 spiro atoms. The van der Waals surface area contributed by atoms with Crippen molar-refractivity contribution in [3.05, 3.63) is 17.8 Å². The topological polar surface area (TPSA) is 55.3 Å². The molecule has 0 aromatic carbocycles. The first-order valence-corrected chi connectivity index (χ1v) is 8.44. The Kier molecular flexibility index (Phi) is 5.71. The molecule has 120 valence electrons. The fraction of sp³-hybridized carbons (Fsp3) is 0.562. The van der Waals surface area contributed by atoms with E-state index in [4.69, 9.17) is 4.74 Å². The number of hydrogen-bond acceptors (Lipinski definition) is 5. The van der Waals surface area contributed by atoms with Gasteiger partial charge >= 0.3 is 0 Å². The molecule has 2 heterocycles. The zero-order chi connectivity index (χ0) is 16.1. The average molecular weight is 321 g/mol. The minimum Gasteiger partial charge on any atom is -0.467 e. The molecule has 0 saturated heterocycles. The molecule has 0 aliphatic heterocycles. The van der Waals surface area contributed by atoms with E-state index in [1.54, 1.807) is 0 Å². The second-order valence-corrected chi connectivity index (χ2v) is 7.09. The smallest absolute Gasteiger partial charge is 0.260 e. The Labute approximate surface area is 135 Å². The van der Waals surface area contributed by atoms with Crippen molar-refractivity contribution in [2.75, 3.05) is 19.7 Å². The van der Waals surface area contributed by atoms with Crippen LogP contribution >= 0.6 is 11.3 Å². The minimum atomic E-state index is 0.00407. The summed E-state index contributed by atoms with van der Waals surface area (Å²) >= 11 is 1.53. The van der Waals surface area contributed by atoms with E-state index in [-0.39, 0.29) is 12.5 Å². The predicted molar refractivity (Wildman–Crippen MR) is 89.2 cm³/mol. The van der Waals surface area contributed by atoms with Gasteiger partial charge in [-0.15, -0.1) is 11.3 Å². The summed E-state index contributed by atoms with van der Waals surface area (Å²) < 4.78 is 5.65. The quantitative estimate of drug-likeness (QED) is 0.786. The lowest BCUT2D eigenvalue weighted by Gasteiger charge is -2.26. The zero-order valence-corrected chi connectivity index (χ0v) is 14.4. The van der Waals surface area contributed by atoms with Crippen molar-refractivity contribution in [3.63, 3.8) is 0 Å². The van der Waals surface area contributed by atoms with E-state index in [9.17, 15) is 4.79 Å². The van der Waals surface area contributed by atoms with Gasteiger partial charge in [-0.2, -0.15) is 0 Å². The molecule has 22 heavy (non-hydrogen) atoms. The molecule has 2 rings (SSSR count). The number of thiophene rings is 1. The summed E-state index contributed by atoms with van der Waals surface area (Å²) in [5.74, 6) is 1.36. The Bertz CT molecular complexity index is 615. The Morgan fingerprint density at radius 2 is 1.91 bits per heavy atom. The zero-order valence-electron chi connectivity index (χ0n) is 13.6. The molecule has 0 N–H and O–H groups in total. The van der Waals surface area contributed by atoms with Crippen molar-refractivity contribution in [2.24, 2.45) is 11.8 Å². The number of hydrogen-bond donors (Lipinski definition) is 0. The van der Waals surface area contributed by atoms with Crippen LogP contribution in [-0.2, 0) is 4.79 Å². The van der Waals surface area contributed by atoms with Gasteiger partial charge < -0.3 is 9.64 Å². The first kappa shape index (κ1) is 16.7. The fourth-order valence-electron chi connectivity index (χ4n) is 2.26. The lowest BCUT2D eigenvalue weighted by atomic mass is 10.1. The van der Waals surface area contributed by atoms with Crippen LogP contribution in [0.25, 0.3) is 10.2 Å². The highest BCUT2D eigenvalue weighted by atomic mass is 32.1. The highest BCUT2D eigenvalue weighted by molar-refractivity contribution is 7.16. The number of rotatable bonds is 7. The molecule has 0 bridgehead atoms. The molecule has 0 aliphatic carbocycles. The lowest BCUT2D eigenvalue weighted by Crippen LogP contribution is -2.39. The van der Waals surface area contributed by atoms with Gasteiger partial charge in [0.1, 0.15) is 11.2 Å². The molecule has 0 saturated carbocycles. The molecule has 0 aliphatic rings. The monoisotopic (exact) mass is 321 g/mol. The summed E-state index contributed by atoms with van der Waals surface area (Å²) in [7, 11) is 0. The molecule has 0 radical (unpaired) electrons. The SMILES string of the molecule is CC(C)CN(CC(C)C)C(=O)COc1ncnc2sccc12. The number of amides is 1. The van der Waals surface area contributed by atoms with Crippen molar-refractivity contribution in [2.45, 2.75) is 27.7 Å². The van der Waals surface area contributed by atoms with Gasteiger partial charge in [-0.3, -0.25) is 4.79 Å². The van der Waals surface area contributed by atoms with Crippen molar-refractivity contribution in [3.8, 4) is 5.88 Å². The van der Waals surface area contributed by atoms with Gasteiger partial charge in [-0.25, -0.2) is 9.97 Å². The van der Waals surface area contributed by atoms with Gasteiger partial charge in [-0.05, 0) is 23.3 Å². The van der Waals surface area contributed by atoms with Gasteiger partial charge in [0.2, 0.25) is 5.88 Å². The van der Waals surface area contributed by atoms with Crippen LogP contribution in [0, 0.1) is 11.8 Å². The molecular formula is C16H23N3O2S. The van der Waals surface area contributed by atoms with Gasteiger partial charge in [0.15, 0.2) is 6.61 Å². The number of ether oxygens (including phenoxy) is 1. The fourth-order valence-corrected chi connectivity index (χ4v) is 2.99. The van der Waals surface area contributed by atoms with E-state index in [0.717, 1.165) is 23.3 Å². The molecule has 0 unspecified atom stereocenters. The third-order valence-corrected chi connectivity index (χ3v) is 3.90. The Morgan fingerprint density at radius 1 is 1.23 bits per heavy atom. The normalized spacial score (nSPS) is 11.4. The standard InChI is InChI=1S/C16H23N3O2S/c1-11(2)7-19(8-12(3)4)14(20)9-21-15-13-5-6-22-16(13)18-10-17-15/h5-6,10-12H,7-9H2,1-4H3. The second kappa shape index (κ2) is 7.54. The van der Waals surface area contributed by atoms with Gasteiger partial charge in [0, 0.05) is 13.1 Å². The van der Waals surface area contributed by atoms with Crippen molar-refractivity contribution >= 4 is 27.5 Å². The highest BCUT2D eigenvalue weighted by Gasteiger charge is 2.17. The summed E-state index contributed by atoms with van der Waals surface area (Å²) in [5.41, 5.74) is 0. The summed E-state index contributed by atoms with van der Waals surface area (Å²) in [6.07, 6.45) is 1.47. The molecule has 0 atom stereocenters. The summed E-state index contributed by atoms with van der Waals surface area (Å²) in [6, 6.07) is 1.92. The Hall–Kier alpha value is -1.69. The molecule has 5 nitrogen and oxygen atoms in total. The second-order valence-electron chi connectivity index (χ2n) is 6.19. The third kappa shape index (κ3) is 4.40. The minimum absolute atomic E-state index is 0.00407. The Balaban J connectivity index is 2.02. The Morgan fingerprint density at radius 3 is 2.55 bits per heavy atom. The molecule has 0 fully saturated rings. The summed E-state index contributed by atoms with van der Waals surface area (Å²) in [6.45, 7) is 9.96. The van der Waals surface area contributed by atoms with Crippen LogP contribution in [0.3, 0.4) is 0 Å². The number of aromatic nitrogens is 2. The van der Waals surface area contributed by atoms with Gasteiger partial charge in [0.05, 0.1) is 5.39 Å². The molecular weight excluding hydrogens is 298 g/mol. The van der Waals surface area contributed by atoms with E-state index >= 15 is 0 Å². The van der Waals surface area contributed by atoms with E-state index in [0.29, 0.717) is 17.7 Å². The molecule has 1 amide bonds. The maximum absolute atomic E-state index is 12.4. The van der Waals surface area contributed by atoms with Gasteiger partial charge in [0.25, 0.3) is 5.91 Å². The van der Waals surface area contributed by atoms with Crippen molar-refractivity contribution in [1.29, 1.82) is 0 Å². The largest absolute Gasteiger partial charge is 0.467 e. The number of fused-ring (bicyclic) bond motifs is 1. The molecule has 6 heteroatoms. The average Bonchev–Trinajstić information content (AvgIpc) is 2.91. The van der Waals surface area contributed by atoms with Crippen LogP contribution in [0.1, 0.15) is 27.7 Å². The van der Waals surface area contributed by atoms with E-state index < -0.39 is 0 Å². The lowest BCUT2D eigenvalue weighted by molar-refractivity contribution is -0.134. The van der Waals surface area contributed by atoms with Crippen LogP contribution in [0.4, 0.5) is 0 Å². The van der Waals surface area contributed by atoms with Crippen molar-refractivity contribution < 1.29 is 9.53 Å². The summed E-state index contributed by atoms with van der Waals surface area (Å²) in [5, 5.41) is 2.80. The molecule has 2 aromatic rings. The van der Waals surface area contributed by atoms with Crippen molar-refractivity contribution in [1.82, 2.24) is 14.9 Å². The molecule has 2 aromatic heterocycles. The van der Waals surface area contributed by atoms with E-state index in [2.05, 4.69) is 37.7 Å². The first-order chi connectivity index (χ1) is 10.5. The highest BCUT2D eigenvalue weighted by Crippen LogP contribution is 2.25. The van der Waals surface area contributed by atoms with E-state index in [1.807, 2.05) is 16.3 Å². The van der Waals surface area contributed by atoms with Crippen LogP contribution in [0.15, 0.2) is 17.8 Å². The van der Waals surface area contributed by atoms with Crippen LogP contribution in [-0.4, -0.2) is 40.5 Å². The van der Waals surface area contributed by atoms with Crippen LogP contribution in [0.2, 0.25) is 0 Å². The maximum Gasteiger partial charge on any atom is 0.260 e. The maximum atomic E-state index is 12.4. The predicted octanol–water partition coefficient (Wildman–Crippen LogP) is 3.21. The summed E-state index contributed by atoms with van der Waals surface area (Å²) in [4.78, 5) is 23.5. The third-order valence-electron chi connectivity index (χ3n) is 3.08. The number of nitrogens with zero attached hydrogens (tertiary/aromatic N) is 3. The van der Waals surface area contributed by atoms with E-state index in [1.165, 1.54) is 17.7 Å². The van der Waals surface area contributed by atoms with Crippen LogP contribution in [0.5, 0.6) is 5.88 Å². The van der Waals surface area contributed by atoms with Gasteiger partial charge in [-0.1, -0.05) is 27.7 Å². The van der Waals surface area contributed by atoms with Crippen LogP contribution < -0.4 is 4.74 Å². The number of carbonyl (C=O) groups is 1.